The summed E-state index contributed by atoms with van der Waals surface area (Å²) in [5.41, 5.74) is -0.202. The Labute approximate surface area is 135 Å². The van der Waals surface area contributed by atoms with E-state index in [1.165, 1.54) is 0 Å². The Morgan fingerprint density at radius 2 is 1.92 bits per heavy atom. The van der Waals surface area contributed by atoms with Crippen molar-refractivity contribution in [1.29, 1.82) is 0 Å². The molecule has 8 heteroatoms. The number of amides is 1. The number of carbonyl (C=O) groups excluding carboxylic acids is 2. The molecule has 1 aromatic carbocycles. The summed E-state index contributed by atoms with van der Waals surface area (Å²) in [5.74, 6) is -3.92. The number of halogens is 3. The Bertz CT molecular complexity index is 768. The van der Waals surface area contributed by atoms with E-state index in [1.807, 2.05) is 0 Å². The summed E-state index contributed by atoms with van der Waals surface area (Å²) in [6, 6.07) is 2.57. The number of rotatable bonds is 5. The zero-order valence-corrected chi connectivity index (χ0v) is 12.6. The van der Waals surface area contributed by atoms with E-state index >= 15 is 0 Å². The van der Waals surface area contributed by atoms with Gasteiger partial charge in [-0.3, -0.25) is 14.6 Å². The fourth-order valence-corrected chi connectivity index (χ4v) is 2.05. The molecule has 2 aromatic rings. The van der Waals surface area contributed by atoms with Crippen LogP contribution in [-0.2, 0) is 9.53 Å². The summed E-state index contributed by atoms with van der Waals surface area (Å²) in [4.78, 5) is 27.2. The predicted molar refractivity (Wildman–Crippen MR) is 77.4 cm³/mol. The van der Waals surface area contributed by atoms with Crippen LogP contribution in [0.3, 0.4) is 0 Å². The average Bonchev–Trinajstić information content (AvgIpc) is 2.54. The number of aromatic nitrogens is 1. The highest BCUT2D eigenvalue weighted by Crippen LogP contribution is 2.22. The topological polar surface area (TPSA) is 68.3 Å². The molecule has 0 saturated heterocycles. The molecule has 0 bridgehead atoms. The van der Waals surface area contributed by atoms with Crippen molar-refractivity contribution in [3.8, 4) is 0 Å². The van der Waals surface area contributed by atoms with Gasteiger partial charge in [-0.1, -0.05) is 6.07 Å². The Kier molecular flexibility index (Phi) is 5.51. The number of hydrogen-bond donors (Lipinski definition) is 1. The standard InChI is InChI=1S/C16H13F3N2O3/c1-24-15(22)6-14(12-3-2-10(17)5-13(12)19)21-16(23)9-4-11(18)8-20-7-9/h2-5,7-8,14H,6H2,1H3,(H,21,23)/t14-/m1/s1. The van der Waals surface area contributed by atoms with Crippen molar-refractivity contribution < 1.29 is 27.5 Å². The zero-order chi connectivity index (χ0) is 17.7. The van der Waals surface area contributed by atoms with E-state index in [9.17, 15) is 22.8 Å². The van der Waals surface area contributed by atoms with Crippen LogP contribution in [0, 0.1) is 17.5 Å². The van der Waals surface area contributed by atoms with Crippen molar-refractivity contribution in [3.63, 3.8) is 0 Å². The largest absolute Gasteiger partial charge is 0.469 e. The Hall–Kier alpha value is -2.90. The fourth-order valence-electron chi connectivity index (χ4n) is 2.05. The minimum atomic E-state index is -1.12. The van der Waals surface area contributed by atoms with Gasteiger partial charge < -0.3 is 10.1 Å². The number of methoxy groups -OCH3 is 1. The van der Waals surface area contributed by atoms with Crippen LogP contribution >= 0.6 is 0 Å². The summed E-state index contributed by atoms with van der Waals surface area (Å²) in [5, 5.41) is 2.39. The van der Waals surface area contributed by atoms with Gasteiger partial charge >= 0.3 is 5.97 Å². The van der Waals surface area contributed by atoms with Crippen molar-refractivity contribution in [2.45, 2.75) is 12.5 Å². The smallest absolute Gasteiger partial charge is 0.307 e. The summed E-state index contributed by atoms with van der Waals surface area (Å²) in [6.45, 7) is 0. The highest BCUT2D eigenvalue weighted by Gasteiger charge is 2.23. The van der Waals surface area contributed by atoms with Crippen LogP contribution in [0.1, 0.15) is 28.4 Å². The lowest BCUT2D eigenvalue weighted by atomic mass is 10.0. The van der Waals surface area contributed by atoms with Crippen molar-refractivity contribution in [1.82, 2.24) is 10.3 Å². The first kappa shape index (κ1) is 17.5. The zero-order valence-electron chi connectivity index (χ0n) is 12.6. The number of benzene rings is 1. The lowest BCUT2D eigenvalue weighted by Gasteiger charge is -2.19. The number of nitrogens with zero attached hydrogens (tertiary/aromatic N) is 1. The summed E-state index contributed by atoms with van der Waals surface area (Å²) < 4.78 is 44.7. The molecule has 0 spiro atoms. The molecule has 1 aromatic heterocycles. The lowest BCUT2D eigenvalue weighted by Crippen LogP contribution is -2.31. The molecule has 0 radical (unpaired) electrons. The summed E-state index contributed by atoms with van der Waals surface area (Å²) >= 11 is 0. The third-order valence-electron chi connectivity index (χ3n) is 3.21. The van der Waals surface area contributed by atoms with Gasteiger partial charge in [-0.25, -0.2) is 13.2 Å². The lowest BCUT2D eigenvalue weighted by molar-refractivity contribution is -0.141. The monoisotopic (exact) mass is 338 g/mol. The molecule has 1 amide bonds. The molecule has 24 heavy (non-hydrogen) atoms. The van der Waals surface area contributed by atoms with Crippen LogP contribution in [0.25, 0.3) is 0 Å². The van der Waals surface area contributed by atoms with Crippen molar-refractivity contribution >= 4 is 11.9 Å². The van der Waals surface area contributed by atoms with Gasteiger partial charge in [0.1, 0.15) is 17.5 Å². The molecule has 0 fully saturated rings. The number of esters is 1. The molecule has 0 saturated carbocycles. The third kappa shape index (κ3) is 4.31. The van der Waals surface area contributed by atoms with E-state index < -0.39 is 35.4 Å². The molecular weight excluding hydrogens is 325 g/mol. The molecule has 126 valence electrons. The second-order valence-corrected chi connectivity index (χ2v) is 4.86. The van der Waals surface area contributed by atoms with Crippen molar-refractivity contribution in [3.05, 3.63) is 65.2 Å². The molecule has 2 rings (SSSR count). The van der Waals surface area contributed by atoms with Gasteiger partial charge in [0.2, 0.25) is 0 Å². The number of pyridine rings is 1. The Morgan fingerprint density at radius 1 is 1.17 bits per heavy atom. The molecular formula is C16H13F3N2O3. The molecule has 0 aliphatic carbocycles. The van der Waals surface area contributed by atoms with E-state index in [-0.39, 0.29) is 17.5 Å². The first-order chi connectivity index (χ1) is 11.4. The predicted octanol–water partition coefficient (Wildman–Crippen LogP) is 2.53. The fraction of sp³-hybridized carbons (Fsp3) is 0.188. The first-order valence-electron chi connectivity index (χ1n) is 6.84. The summed E-state index contributed by atoms with van der Waals surface area (Å²) in [7, 11) is 1.14. The summed E-state index contributed by atoms with van der Waals surface area (Å²) in [6.07, 6.45) is 1.66. The second kappa shape index (κ2) is 7.58. The van der Waals surface area contributed by atoms with Crippen LogP contribution in [-0.4, -0.2) is 24.0 Å². The molecule has 0 aliphatic rings. The minimum Gasteiger partial charge on any atom is -0.469 e. The quantitative estimate of drug-likeness (QED) is 0.851. The number of carbonyl (C=O) groups is 2. The van der Waals surface area contributed by atoms with Crippen LogP contribution in [0.2, 0.25) is 0 Å². The van der Waals surface area contributed by atoms with Crippen LogP contribution < -0.4 is 5.32 Å². The van der Waals surface area contributed by atoms with Gasteiger partial charge in [-0.2, -0.15) is 0 Å². The Morgan fingerprint density at radius 3 is 2.54 bits per heavy atom. The van der Waals surface area contributed by atoms with Crippen LogP contribution in [0.4, 0.5) is 13.2 Å². The molecule has 5 nitrogen and oxygen atoms in total. The molecule has 1 atom stereocenters. The van der Waals surface area contributed by atoms with Crippen LogP contribution in [0.5, 0.6) is 0 Å². The highest BCUT2D eigenvalue weighted by molar-refractivity contribution is 5.94. The number of ether oxygens (including phenoxy) is 1. The maximum absolute atomic E-state index is 14.0. The maximum Gasteiger partial charge on any atom is 0.307 e. The molecule has 1 N–H and O–H groups in total. The maximum atomic E-state index is 14.0. The average molecular weight is 338 g/mol. The van der Waals surface area contributed by atoms with E-state index in [1.54, 1.807) is 0 Å². The number of nitrogens with one attached hydrogen (secondary N) is 1. The van der Waals surface area contributed by atoms with Crippen molar-refractivity contribution in [2.75, 3.05) is 7.11 Å². The third-order valence-corrected chi connectivity index (χ3v) is 3.21. The van der Waals surface area contributed by atoms with E-state index in [4.69, 9.17) is 0 Å². The van der Waals surface area contributed by atoms with Crippen LogP contribution in [0.15, 0.2) is 36.7 Å². The first-order valence-corrected chi connectivity index (χ1v) is 6.84. The van der Waals surface area contributed by atoms with Gasteiger partial charge in [0.05, 0.1) is 31.3 Å². The van der Waals surface area contributed by atoms with Gasteiger partial charge in [0.15, 0.2) is 0 Å². The minimum absolute atomic E-state index is 0.0977. The van der Waals surface area contributed by atoms with E-state index in [0.717, 1.165) is 37.7 Å². The van der Waals surface area contributed by atoms with Gasteiger partial charge in [-0.15, -0.1) is 0 Å². The SMILES string of the molecule is COC(=O)C[C@@H](NC(=O)c1cncc(F)c1)c1ccc(F)cc1F. The molecule has 1 heterocycles. The van der Waals surface area contributed by atoms with Gasteiger partial charge in [0.25, 0.3) is 5.91 Å². The molecule has 0 unspecified atom stereocenters. The van der Waals surface area contributed by atoms with Gasteiger partial charge in [0, 0.05) is 17.8 Å². The van der Waals surface area contributed by atoms with E-state index in [2.05, 4.69) is 15.0 Å². The second-order valence-electron chi connectivity index (χ2n) is 4.86. The molecule has 0 aliphatic heterocycles. The highest BCUT2D eigenvalue weighted by atomic mass is 19.1. The Balaban J connectivity index is 2.29. The number of hydrogen-bond acceptors (Lipinski definition) is 4. The van der Waals surface area contributed by atoms with Crippen molar-refractivity contribution in [2.24, 2.45) is 0 Å². The van der Waals surface area contributed by atoms with Gasteiger partial charge in [-0.05, 0) is 12.1 Å². The normalized spacial score (nSPS) is 11.7. The van der Waals surface area contributed by atoms with E-state index in [0.29, 0.717) is 6.07 Å².